The summed E-state index contributed by atoms with van der Waals surface area (Å²) in [6.45, 7) is 15.3. The minimum absolute atomic E-state index is 0.00699. The number of amides is 2. The van der Waals surface area contributed by atoms with Crippen molar-refractivity contribution in [3.63, 3.8) is 0 Å². The van der Waals surface area contributed by atoms with Gasteiger partial charge < -0.3 is 20.9 Å². The maximum absolute atomic E-state index is 14.5. The maximum Gasteiger partial charge on any atom is 0.243 e. The minimum Gasteiger partial charge on any atom is -0.347 e. The van der Waals surface area contributed by atoms with Crippen molar-refractivity contribution in [2.45, 2.75) is 117 Å². The van der Waals surface area contributed by atoms with Crippen LogP contribution in [0.15, 0.2) is 42.5 Å². The predicted molar refractivity (Wildman–Crippen MR) is 163 cm³/mol. The van der Waals surface area contributed by atoms with Gasteiger partial charge in [-0.1, -0.05) is 77.1 Å². The lowest BCUT2D eigenvalue weighted by atomic mass is 9.83. The van der Waals surface area contributed by atoms with E-state index < -0.39 is 12.1 Å². The van der Waals surface area contributed by atoms with E-state index in [4.69, 9.17) is 0 Å². The van der Waals surface area contributed by atoms with Crippen LogP contribution in [0.5, 0.6) is 0 Å². The number of carbonyl (C=O) groups is 2. The zero-order valence-electron chi connectivity index (χ0n) is 25.8. The van der Waals surface area contributed by atoms with Gasteiger partial charge >= 0.3 is 0 Å². The first-order chi connectivity index (χ1) is 18.9. The van der Waals surface area contributed by atoms with Gasteiger partial charge in [0.2, 0.25) is 11.8 Å². The Bertz CT molecular complexity index is 1200. The summed E-state index contributed by atoms with van der Waals surface area (Å²) < 4.78 is 0. The van der Waals surface area contributed by atoms with Gasteiger partial charge in [0.1, 0.15) is 6.04 Å². The molecule has 0 radical (unpaired) electrons. The summed E-state index contributed by atoms with van der Waals surface area (Å²) in [4.78, 5) is 30.4. The fourth-order valence-electron chi connectivity index (χ4n) is 6.12. The van der Waals surface area contributed by atoms with Crippen molar-refractivity contribution >= 4 is 11.8 Å². The van der Waals surface area contributed by atoms with Gasteiger partial charge in [-0.25, -0.2) is 0 Å². The Morgan fingerprint density at radius 2 is 1.68 bits per heavy atom. The number of carbonyl (C=O) groups excluding carboxylic acids is 2. The third-order valence-electron chi connectivity index (χ3n) is 9.05. The molecule has 2 amide bonds. The Balaban J connectivity index is 1.67. The monoisotopic (exact) mass is 546 g/mol. The van der Waals surface area contributed by atoms with Gasteiger partial charge in [0.15, 0.2) is 0 Å². The molecule has 1 aliphatic carbocycles. The van der Waals surface area contributed by atoms with E-state index in [1.165, 1.54) is 16.7 Å². The van der Waals surface area contributed by atoms with Gasteiger partial charge in [0.25, 0.3) is 0 Å². The summed E-state index contributed by atoms with van der Waals surface area (Å²) in [5.74, 6) is 0.333. The number of fused-ring (bicyclic) bond motifs is 2. The smallest absolute Gasteiger partial charge is 0.243 e. The first kappa shape index (κ1) is 30.3. The Morgan fingerprint density at radius 3 is 2.35 bits per heavy atom. The summed E-state index contributed by atoms with van der Waals surface area (Å²) in [6.07, 6.45) is 3.54. The van der Waals surface area contributed by atoms with Crippen LogP contribution in [-0.2, 0) is 29.0 Å². The average Bonchev–Trinajstić information content (AvgIpc) is 2.93. The second-order valence-corrected chi connectivity index (χ2v) is 13.4. The molecule has 0 spiro atoms. The molecule has 1 unspecified atom stereocenters. The van der Waals surface area contributed by atoms with Crippen LogP contribution in [0.2, 0.25) is 0 Å². The molecule has 218 valence electrons. The molecule has 0 aromatic heterocycles. The first-order valence-electron chi connectivity index (χ1n) is 15.1. The van der Waals surface area contributed by atoms with Crippen LogP contribution < -0.4 is 16.0 Å². The van der Waals surface area contributed by atoms with Crippen LogP contribution >= 0.6 is 0 Å². The zero-order chi connectivity index (χ0) is 29.2. The van der Waals surface area contributed by atoms with Crippen LogP contribution in [-0.4, -0.2) is 47.9 Å². The number of benzene rings is 2. The molecule has 40 heavy (non-hydrogen) atoms. The van der Waals surface area contributed by atoms with Crippen molar-refractivity contribution in [3.05, 3.63) is 70.3 Å². The largest absolute Gasteiger partial charge is 0.347 e. The molecule has 0 saturated carbocycles. The molecular formula is C34H50N4O2. The first-order valence-corrected chi connectivity index (χ1v) is 15.1. The number of hydrogen-bond acceptors (Lipinski definition) is 4. The molecule has 0 saturated heterocycles. The van der Waals surface area contributed by atoms with Gasteiger partial charge in [-0.2, -0.15) is 0 Å². The number of aryl methyl sites for hydroxylation is 1. The topological polar surface area (TPSA) is 73.5 Å². The highest BCUT2D eigenvalue weighted by atomic mass is 16.2. The highest BCUT2D eigenvalue weighted by molar-refractivity contribution is 5.91. The van der Waals surface area contributed by atoms with E-state index in [1.807, 2.05) is 11.9 Å². The molecule has 4 rings (SSSR count). The van der Waals surface area contributed by atoms with E-state index in [0.717, 1.165) is 30.4 Å². The highest BCUT2D eigenvalue weighted by Gasteiger charge is 2.42. The van der Waals surface area contributed by atoms with Gasteiger partial charge in [0, 0.05) is 25.0 Å². The summed E-state index contributed by atoms with van der Waals surface area (Å²) in [5, 5.41) is 10.3. The normalized spacial score (nSPS) is 21.3. The Kier molecular flexibility index (Phi) is 9.41. The summed E-state index contributed by atoms with van der Waals surface area (Å²) >= 11 is 0. The number of nitrogens with zero attached hydrogens (tertiary/aromatic N) is 1. The van der Waals surface area contributed by atoms with E-state index in [1.54, 1.807) is 0 Å². The molecule has 6 heteroatoms. The number of nitrogens with one attached hydrogen (secondary N) is 3. The van der Waals surface area contributed by atoms with Crippen molar-refractivity contribution in [2.75, 3.05) is 7.05 Å². The molecule has 5 atom stereocenters. The fraction of sp³-hybridized carbons (Fsp3) is 0.588. The van der Waals surface area contributed by atoms with Crippen molar-refractivity contribution in [3.8, 4) is 0 Å². The molecule has 2 aromatic rings. The Morgan fingerprint density at radius 1 is 0.950 bits per heavy atom. The zero-order valence-corrected chi connectivity index (χ0v) is 25.8. The van der Waals surface area contributed by atoms with Crippen LogP contribution in [0, 0.1) is 5.41 Å². The summed E-state index contributed by atoms with van der Waals surface area (Å²) in [5.41, 5.74) is 5.76. The lowest BCUT2D eigenvalue weighted by Gasteiger charge is -2.43. The molecular weight excluding hydrogens is 496 g/mol. The quantitative estimate of drug-likeness (QED) is 0.423. The third-order valence-corrected chi connectivity index (χ3v) is 9.05. The Hall–Kier alpha value is -2.70. The second kappa shape index (κ2) is 12.4. The lowest BCUT2D eigenvalue weighted by molar-refractivity contribution is -0.146. The minimum atomic E-state index is -0.553. The van der Waals surface area contributed by atoms with Crippen LogP contribution in [0.4, 0.5) is 0 Å². The predicted octanol–water partition coefficient (Wildman–Crippen LogP) is 5.26. The molecule has 0 fully saturated rings. The Labute approximate surface area is 241 Å². The SMILES string of the molecule is CN[C@@H](C)C(C)N[C@H](C(=O)N1Cc2cc(C(C)C)ccc2C[C@H]1C(=O)N[C@@H]1CCCc2ccccc21)C(C)(C)C. The summed E-state index contributed by atoms with van der Waals surface area (Å²) in [6, 6.07) is 14.3. The van der Waals surface area contributed by atoms with E-state index >= 15 is 0 Å². The van der Waals surface area contributed by atoms with Crippen LogP contribution in [0.3, 0.4) is 0 Å². The molecule has 2 aliphatic rings. The third kappa shape index (κ3) is 6.60. The van der Waals surface area contributed by atoms with Crippen molar-refractivity contribution in [2.24, 2.45) is 5.41 Å². The molecule has 6 nitrogen and oxygen atoms in total. The highest BCUT2D eigenvalue weighted by Crippen LogP contribution is 2.33. The molecule has 2 aromatic carbocycles. The van der Waals surface area contributed by atoms with E-state index in [9.17, 15) is 9.59 Å². The molecule has 0 bridgehead atoms. The number of hydrogen-bond donors (Lipinski definition) is 3. The van der Waals surface area contributed by atoms with Gasteiger partial charge in [-0.3, -0.25) is 9.59 Å². The number of rotatable bonds is 8. The molecule has 1 heterocycles. The average molecular weight is 547 g/mol. The van der Waals surface area contributed by atoms with Crippen molar-refractivity contribution in [1.82, 2.24) is 20.9 Å². The summed E-state index contributed by atoms with van der Waals surface area (Å²) in [7, 11) is 1.94. The van der Waals surface area contributed by atoms with E-state index in [0.29, 0.717) is 18.9 Å². The van der Waals surface area contributed by atoms with Crippen LogP contribution in [0.1, 0.15) is 101 Å². The second-order valence-electron chi connectivity index (χ2n) is 13.4. The van der Waals surface area contributed by atoms with Gasteiger partial charge in [-0.05, 0) is 79.3 Å². The van der Waals surface area contributed by atoms with E-state index in [2.05, 4.69) is 107 Å². The standard InChI is InChI=1S/C34H50N4O2/c1-21(2)25-16-17-26-19-30(32(39)37-29-15-11-13-24-12-9-10-14-28(24)29)38(20-27(26)18-25)33(40)31(34(5,6)7)36-23(4)22(3)35-8/h9-10,12,14,16-18,21-23,29-31,35-36H,11,13,15,19-20H2,1-8H3,(H,37,39)/t22-,23?,29+,30-,31+/m0/s1. The van der Waals surface area contributed by atoms with Gasteiger partial charge in [-0.15, -0.1) is 0 Å². The van der Waals surface area contributed by atoms with E-state index in [-0.39, 0.29) is 35.4 Å². The van der Waals surface area contributed by atoms with Gasteiger partial charge in [0.05, 0.1) is 12.1 Å². The molecule has 1 aliphatic heterocycles. The fourth-order valence-corrected chi connectivity index (χ4v) is 6.12. The number of likely N-dealkylation sites (N-methyl/N-ethyl adjacent to an activating group) is 1. The lowest BCUT2D eigenvalue weighted by Crippen LogP contribution is -2.62. The van der Waals surface area contributed by atoms with Crippen LogP contribution in [0.25, 0.3) is 0 Å². The molecule has 3 N–H and O–H groups in total. The maximum atomic E-state index is 14.5. The van der Waals surface area contributed by atoms with Crippen molar-refractivity contribution in [1.29, 1.82) is 0 Å². The van der Waals surface area contributed by atoms with Crippen molar-refractivity contribution < 1.29 is 9.59 Å².